The molecule has 104 valence electrons. The first kappa shape index (κ1) is 12.6. The van der Waals surface area contributed by atoms with Crippen molar-refractivity contribution in [2.24, 2.45) is 0 Å². The molecule has 4 heteroatoms. The van der Waals surface area contributed by atoms with Crippen LogP contribution in [0.3, 0.4) is 0 Å². The Kier molecular flexibility index (Phi) is 3.14. The van der Waals surface area contributed by atoms with E-state index in [0.717, 1.165) is 36.1 Å². The number of likely N-dealkylation sites (tertiary alicyclic amines) is 1. The molecule has 1 aromatic heterocycles. The van der Waals surface area contributed by atoms with E-state index in [-0.39, 0.29) is 0 Å². The van der Waals surface area contributed by atoms with Crippen molar-refractivity contribution in [3.63, 3.8) is 0 Å². The largest absolute Gasteiger partial charge is 0.372 e. The van der Waals surface area contributed by atoms with Gasteiger partial charge in [-0.15, -0.1) is 0 Å². The zero-order chi connectivity index (χ0) is 13.5. The molecule has 2 aliphatic rings. The van der Waals surface area contributed by atoms with Crippen LogP contribution in [0.2, 0.25) is 5.15 Å². The summed E-state index contributed by atoms with van der Waals surface area (Å²) in [6.45, 7) is 2.90. The van der Waals surface area contributed by atoms with E-state index in [4.69, 9.17) is 16.3 Å². The zero-order valence-corrected chi connectivity index (χ0v) is 12.0. The molecule has 2 aliphatic heterocycles. The Morgan fingerprint density at radius 2 is 1.95 bits per heavy atom. The van der Waals surface area contributed by atoms with E-state index in [9.17, 15) is 0 Å². The van der Waals surface area contributed by atoms with E-state index < -0.39 is 0 Å². The average molecular weight is 289 g/mol. The maximum atomic E-state index is 6.34. The summed E-state index contributed by atoms with van der Waals surface area (Å²) in [5.41, 5.74) is 2.08. The first-order valence-electron chi connectivity index (χ1n) is 7.20. The average Bonchev–Trinajstić information content (AvgIpc) is 2.79. The summed E-state index contributed by atoms with van der Waals surface area (Å²) in [7, 11) is 0. The van der Waals surface area contributed by atoms with Crippen LogP contribution in [0.5, 0.6) is 0 Å². The second kappa shape index (κ2) is 4.99. The van der Waals surface area contributed by atoms with Crippen LogP contribution in [0.4, 0.5) is 0 Å². The van der Waals surface area contributed by atoms with Crippen LogP contribution in [0, 0.1) is 0 Å². The molecule has 4 rings (SSSR count). The van der Waals surface area contributed by atoms with Gasteiger partial charge in [-0.2, -0.15) is 0 Å². The molecule has 2 aromatic rings. The van der Waals surface area contributed by atoms with Gasteiger partial charge < -0.3 is 4.74 Å². The Balaban J connectivity index is 1.60. The molecule has 1 aromatic carbocycles. The van der Waals surface area contributed by atoms with Crippen molar-refractivity contribution in [1.82, 2.24) is 9.88 Å². The molecular formula is C16H17ClN2O. The van der Waals surface area contributed by atoms with Gasteiger partial charge in [0.25, 0.3) is 0 Å². The van der Waals surface area contributed by atoms with Crippen molar-refractivity contribution >= 4 is 22.5 Å². The van der Waals surface area contributed by atoms with Crippen LogP contribution in [0.25, 0.3) is 10.9 Å². The van der Waals surface area contributed by atoms with Gasteiger partial charge in [0.2, 0.25) is 0 Å². The van der Waals surface area contributed by atoms with E-state index in [0.29, 0.717) is 17.4 Å². The lowest BCUT2D eigenvalue weighted by atomic mass is 10.1. The minimum absolute atomic E-state index is 0.418. The van der Waals surface area contributed by atoms with E-state index in [1.807, 2.05) is 18.2 Å². The molecule has 0 radical (unpaired) electrons. The van der Waals surface area contributed by atoms with E-state index in [1.54, 1.807) is 0 Å². The fourth-order valence-corrected chi connectivity index (χ4v) is 3.52. The number of aromatic nitrogens is 1. The molecule has 0 N–H and O–H groups in total. The Morgan fingerprint density at radius 3 is 2.75 bits per heavy atom. The van der Waals surface area contributed by atoms with Gasteiger partial charge in [-0.05, 0) is 25.0 Å². The third kappa shape index (κ3) is 2.30. The molecular weight excluding hydrogens is 272 g/mol. The van der Waals surface area contributed by atoms with Crippen molar-refractivity contribution in [2.75, 3.05) is 13.1 Å². The molecule has 3 heterocycles. The highest BCUT2D eigenvalue weighted by Crippen LogP contribution is 2.28. The Hall–Kier alpha value is -1.16. The summed E-state index contributed by atoms with van der Waals surface area (Å²) in [6, 6.07) is 10.3. The Morgan fingerprint density at radius 1 is 1.20 bits per heavy atom. The number of ether oxygens (including phenoxy) is 1. The summed E-state index contributed by atoms with van der Waals surface area (Å²) >= 11 is 6.34. The third-order valence-corrected chi connectivity index (χ3v) is 4.59. The molecule has 0 amide bonds. The molecule has 0 spiro atoms. The van der Waals surface area contributed by atoms with Gasteiger partial charge in [0.05, 0.1) is 17.7 Å². The highest BCUT2D eigenvalue weighted by atomic mass is 35.5. The molecule has 2 unspecified atom stereocenters. The van der Waals surface area contributed by atoms with Gasteiger partial charge in [-0.1, -0.05) is 29.8 Å². The predicted molar refractivity (Wildman–Crippen MR) is 79.9 cm³/mol. The SMILES string of the molecule is Clc1nc2ccccc2cc1CN1CC2CCC(C1)O2. The van der Waals surface area contributed by atoms with Crippen molar-refractivity contribution in [3.8, 4) is 0 Å². The fourth-order valence-electron chi connectivity index (χ4n) is 3.32. The number of hydrogen-bond acceptors (Lipinski definition) is 3. The molecule has 2 fully saturated rings. The number of rotatable bonds is 2. The van der Waals surface area contributed by atoms with Crippen LogP contribution in [-0.2, 0) is 11.3 Å². The minimum Gasteiger partial charge on any atom is -0.372 e. The quantitative estimate of drug-likeness (QED) is 0.793. The number of fused-ring (bicyclic) bond motifs is 3. The molecule has 0 saturated carbocycles. The van der Waals surface area contributed by atoms with Crippen molar-refractivity contribution in [2.45, 2.75) is 31.6 Å². The Labute approximate surface area is 123 Å². The molecule has 20 heavy (non-hydrogen) atoms. The highest BCUT2D eigenvalue weighted by molar-refractivity contribution is 6.30. The number of hydrogen-bond donors (Lipinski definition) is 0. The van der Waals surface area contributed by atoms with Crippen LogP contribution < -0.4 is 0 Å². The lowest BCUT2D eigenvalue weighted by Gasteiger charge is -2.32. The van der Waals surface area contributed by atoms with Gasteiger partial charge in [-0.25, -0.2) is 4.98 Å². The maximum absolute atomic E-state index is 6.34. The number of para-hydroxylation sites is 1. The lowest BCUT2D eigenvalue weighted by Crippen LogP contribution is -2.42. The van der Waals surface area contributed by atoms with Crippen LogP contribution in [0.15, 0.2) is 30.3 Å². The molecule has 3 nitrogen and oxygen atoms in total. The van der Waals surface area contributed by atoms with Gasteiger partial charge in [0.1, 0.15) is 5.15 Å². The number of pyridine rings is 1. The van der Waals surface area contributed by atoms with Gasteiger partial charge >= 0.3 is 0 Å². The first-order valence-corrected chi connectivity index (χ1v) is 7.58. The van der Waals surface area contributed by atoms with Crippen LogP contribution in [0.1, 0.15) is 18.4 Å². The minimum atomic E-state index is 0.418. The summed E-state index contributed by atoms with van der Waals surface area (Å²) in [5.74, 6) is 0. The van der Waals surface area contributed by atoms with E-state index in [2.05, 4.69) is 22.0 Å². The summed E-state index contributed by atoms with van der Waals surface area (Å²) < 4.78 is 5.88. The molecule has 2 bridgehead atoms. The van der Waals surface area contributed by atoms with Crippen LogP contribution >= 0.6 is 11.6 Å². The summed E-state index contributed by atoms with van der Waals surface area (Å²) in [5, 5.41) is 1.78. The van der Waals surface area contributed by atoms with Crippen molar-refractivity contribution < 1.29 is 4.74 Å². The topological polar surface area (TPSA) is 25.4 Å². The van der Waals surface area contributed by atoms with Gasteiger partial charge in [-0.3, -0.25) is 4.90 Å². The number of halogens is 1. The maximum Gasteiger partial charge on any atom is 0.134 e. The van der Waals surface area contributed by atoms with Gasteiger partial charge in [0.15, 0.2) is 0 Å². The second-order valence-electron chi connectivity index (χ2n) is 5.78. The van der Waals surface area contributed by atoms with Crippen molar-refractivity contribution in [1.29, 1.82) is 0 Å². The fraction of sp³-hybridized carbons (Fsp3) is 0.438. The van der Waals surface area contributed by atoms with Crippen LogP contribution in [-0.4, -0.2) is 35.2 Å². The second-order valence-corrected chi connectivity index (χ2v) is 6.14. The number of morpholine rings is 1. The summed E-state index contributed by atoms with van der Waals surface area (Å²) in [6.07, 6.45) is 3.23. The monoisotopic (exact) mass is 288 g/mol. The standard InChI is InChI=1S/C16H17ClN2O/c17-16-12(7-11-3-1-2-4-15(11)18-16)8-19-9-13-5-6-14(10-19)20-13/h1-4,7,13-14H,5-6,8-10H2. The van der Waals surface area contributed by atoms with Crippen molar-refractivity contribution in [3.05, 3.63) is 41.0 Å². The number of nitrogens with zero attached hydrogens (tertiary/aromatic N) is 2. The first-order chi connectivity index (χ1) is 9.78. The number of benzene rings is 1. The Bertz CT molecular complexity index is 633. The van der Waals surface area contributed by atoms with E-state index in [1.165, 1.54) is 12.8 Å². The normalized spacial score (nSPS) is 26.2. The molecule has 2 atom stereocenters. The lowest BCUT2D eigenvalue weighted by molar-refractivity contribution is -0.0410. The smallest absolute Gasteiger partial charge is 0.134 e. The van der Waals surface area contributed by atoms with E-state index >= 15 is 0 Å². The third-order valence-electron chi connectivity index (χ3n) is 4.26. The van der Waals surface area contributed by atoms with Gasteiger partial charge in [0, 0.05) is 30.6 Å². The zero-order valence-electron chi connectivity index (χ0n) is 11.3. The summed E-state index contributed by atoms with van der Waals surface area (Å²) in [4.78, 5) is 6.95. The predicted octanol–water partition coefficient (Wildman–Crippen LogP) is 3.25. The highest BCUT2D eigenvalue weighted by Gasteiger charge is 2.33. The molecule has 2 saturated heterocycles. The molecule has 0 aliphatic carbocycles.